The Balaban J connectivity index is 3.30. The van der Waals surface area contributed by atoms with Gasteiger partial charge in [-0.15, -0.1) is 0 Å². The first-order valence-corrected chi connectivity index (χ1v) is 4.56. The Hall–Kier alpha value is -2.18. The Kier molecular flexibility index (Phi) is 3.39. The van der Waals surface area contributed by atoms with Gasteiger partial charge in [-0.3, -0.25) is 10.1 Å². The van der Waals surface area contributed by atoms with E-state index >= 15 is 0 Å². The van der Waals surface area contributed by atoms with Gasteiger partial charge in [0.05, 0.1) is 10.5 Å². The van der Waals surface area contributed by atoms with Crippen molar-refractivity contribution in [3.63, 3.8) is 0 Å². The van der Waals surface area contributed by atoms with E-state index < -0.39 is 10.9 Å². The third-order valence-corrected chi connectivity index (χ3v) is 2.13. The first-order chi connectivity index (χ1) is 7.47. The van der Waals surface area contributed by atoms with E-state index in [1.165, 1.54) is 0 Å². The highest BCUT2D eigenvalue weighted by Gasteiger charge is 2.20. The first-order valence-electron chi connectivity index (χ1n) is 4.56. The summed E-state index contributed by atoms with van der Waals surface area (Å²) in [5.74, 6) is -1.07. The fourth-order valence-corrected chi connectivity index (χ4v) is 1.14. The SMILES string of the molecule is CCN(C)c1ncc(C(=O)O)cc1[N+](=O)[O-]. The molecule has 0 fully saturated rings. The molecule has 0 radical (unpaired) electrons. The molecule has 0 saturated heterocycles. The standard InChI is InChI=1S/C9H11N3O4/c1-3-11(2)8-7(12(15)16)4-6(5-10-8)9(13)14/h4-5H,3H2,1-2H3,(H,13,14). The smallest absolute Gasteiger partial charge is 0.337 e. The van der Waals surface area contributed by atoms with Crippen LogP contribution in [0.15, 0.2) is 12.3 Å². The Bertz CT molecular complexity index is 433. The molecule has 1 aromatic heterocycles. The van der Waals surface area contributed by atoms with Crippen LogP contribution in [-0.4, -0.2) is 34.6 Å². The minimum absolute atomic E-state index is 0.164. The first kappa shape index (κ1) is 11.9. The molecule has 0 aromatic carbocycles. The lowest BCUT2D eigenvalue weighted by Gasteiger charge is -2.15. The van der Waals surface area contributed by atoms with Crippen molar-refractivity contribution in [3.8, 4) is 0 Å². The molecule has 1 heterocycles. The summed E-state index contributed by atoms with van der Waals surface area (Å²) in [5.41, 5.74) is -0.496. The van der Waals surface area contributed by atoms with E-state index in [4.69, 9.17) is 5.11 Å². The predicted molar refractivity (Wildman–Crippen MR) is 56.8 cm³/mol. The molecule has 0 atom stereocenters. The molecule has 0 amide bonds. The van der Waals surface area contributed by atoms with Crippen molar-refractivity contribution in [3.05, 3.63) is 27.9 Å². The molecule has 86 valence electrons. The van der Waals surface area contributed by atoms with Crippen LogP contribution in [0.2, 0.25) is 0 Å². The summed E-state index contributed by atoms with van der Waals surface area (Å²) < 4.78 is 0. The summed E-state index contributed by atoms with van der Waals surface area (Å²) in [4.78, 5) is 26.1. The van der Waals surface area contributed by atoms with Gasteiger partial charge in [-0.2, -0.15) is 0 Å². The second kappa shape index (κ2) is 4.56. The second-order valence-electron chi connectivity index (χ2n) is 3.14. The largest absolute Gasteiger partial charge is 0.478 e. The minimum Gasteiger partial charge on any atom is -0.478 e. The van der Waals surface area contributed by atoms with Gasteiger partial charge in [0, 0.05) is 25.9 Å². The number of hydrogen-bond donors (Lipinski definition) is 1. The fourth-order valence-electron chi connectivity index (χ4n) is 1.14. The zero-order valence-corrected chi connectivity index (χ0v) is 8.88. The Morgan fingerprint density at radius 2 is 2.31 bits per heavy atom. The van der Waals surface area contributed by atoms with Gasteiger partial charge in [0.15, 0.2) is 0 Å². The van der Waals surface area contributed by atoms with Crippen molar-refractivity contribution < 1.29 is 14.8 Å². The minimum atomic E-state index is -1.23. The van der Waals surface area contributed by atoms with Crippen molar-refractivity contribution in [2.24, 2.45) is 0 Å². The predicted octanol–water partition coefficient (Wildman–Crippen LogP) is 1.14. The van der Waals surface area contributed by atoms with Gasteiger partial charge in [0.25, 0.3) is 0 Å². The maximum atomic E-state index is 10.8. The topological polar surface area (TPSA) is 96.6 Å². The maximum absolute atomic E-state index is 10.8. The van der Waals surface area contributed by atoms with E-state index in [0.29, 0.717) is 6.54 Å². The third kappa shape index (κ3) is 2.25. The number of carboxylic acid groups (broad SMARTS) is 1. The number of carboxylic acids is 1. The fraction of sp³-hybridized carbons (Fsp3) is 0.333. The molecule has 7 heteroatoms. The number of aromatic nitrogens is 1. The van der Waals surface area contributed by atoms with Gasteiger partial charge in [-0.05, 0) is 6.92 Å². The zero-order chi connectivity index (χ0) is 12.3. The van der Waals surface area contributed by atoms with E-state index in [1.54, 1.807) is 11.9 Å². The molecule has 1 aromatic rings. The van der Waals surface area contributed by atoms with E-state index in [2.05, 4.69) is 4.98 Å². The van der Waals surface area contributed by atoms with Gasteiger partial charge in [0.2, 0.25) is 5.82 Å². The van der Waals surface area contributed by atoms with Crippen LogP contribution in [0.1, 0.15) is 17.3 Å². The van der Waals surface area contributed by atoms with Crippen LogP contribution >= 0.6 is 0 Å². The van der Waals surface area contributed by atoms with Gasteiger partial charge >= 0.3 is 11.7 Å². The van der Waals surface area contributed by atoms with Crippen molar-refractivity contribution in [2.45, 2.75) is 6.92 Å². The molecule has 0 aliphatic heterocycles. The van der Waals surface area contributed by atoms with Crippen LogP contribution in [0.5, 0.6) is 0 Å². The van der Waals surface area contributed by atoms with E-state index in [0.717, 1.165) is 12.3 Å². The maximum Gasteiger partial charge on any atom is 0.337 e. The average molecular weight is 225 g/mol. The number of rotatable bonds is 4. The summed E-state index contributed by atoms with van der Waals surface area (Å²) in [6.07, 6.45) is 1.11. The highest BCUT2D eigenvalue weighted by Crippen LogP contribution is 2.25. The van der Waals surface area contributed by atoms with E-state index in [9.17, 15) is 14.9 Å². The highest BCUT2D eigenvalue weighted by molar-refractivity contribution is 5.88. The third-order valence-electron chi connectivity index (χ3n) is 2.13. The van der Waals surface area contributed by atoms with Gasteiger partial charge in [-0.1, -0.05) is 0 Å². The number of pyridine rings is 1. The molecule has 0 spiro atoms. The lowest BCUT2D eigenvalue weighted by Crippen LogP contribution is -2.19. The normalized spacial score (nSPS) is 9.88. The van der Waals surface area contributed by atoms with Crippen LogP contribution < -0.4 is 4.90 Å². The molecule has 0 saturated carbocycles. The van der Waals surface area contributed by atoms with Crippen LogP contribution in [-0.2, 0) is 0 Å². The van der Waals surface area contributed by atoms with Crippen molar-refractivity contribution >= 4 is 17.5 Å². The quantitative estimate of drug-likeness (QED) is 0.609. The van der Waals surface area contributed by atoms with Crippen molar-refractivity contribution in [1.29, 1.82) is 0 Å². The number of hydrogen-bond acceptors (Lipinski definition) is 5. The van der Waals surface area contributed by atoms with Crippen molar-refractivity contribution in [1.82, 2.24) is 4.98 Å². The Morgan fingerprint density at radius 1 is 1.69 bits per heavy atom. The monoisotopic (exact) mass is 225 g/mol. The lowest BCUT2D eigenvalue weighted by atomic mass is 10.2. The number of anilines is 1. The Labute approximate surface area is 91.5 Å². The van der Waals surface area contributed by atoms with Crippen LogP contribution in [0.3, 0.4) is 0 Å². The molecule has 16 heavy (non-hydrogen) atoms. The number of aromatic carboxylic acids is 1. The van der Waals surface area contributed by atoms with Crippen LogP contribution in [0, 0.1) is 10.1 Å². The molecule has 0 aliphatic rings. The average Bonchev–Trinajstić information content (AvgIpc) is 2.26. The molecule has 0 bridgehead atoms. The van der Waals surface area contributed by atoms with Crippen molar-refractivity contribution in [2.75, 3.05) is 18.5 Å². The number of carbonyl (C=O) groups is 1. The summed E-state index contributed by atoms with van der Waals surface area (Å²) in [6, 6.07) is 1.01. The molecule has 0 unspecified atom stereocenters. The number of nitrogens with zero attached hydrogens (tertiary/aromatic N) is 3. The molecule has 7 nitrogen and oxygen atoms in total. The summed E-state index contributed by atoms with van der Waals surface area (Å²) >= 11 is 0. The molecular weight excluding hydrogens is 214 g/mol. The second-order valence-corrected chi connectivity index (χ2v) is 3.14. The van der Waals surface area contributed by atoms with Crippen LogP contribution in [0.25, 0.3) is 0 Å². The van der Waals surface area contributed by atoms with Gasteiger partial charge in [0.1, 0.15) is 0 Å². The molecule has 1 rings (SSSR count). The van der Waals surface area contributed by atoms with E-state index in [1.807, 2.05) is 6.92 Å². The molecular formula is C9H11N3O4. The van der Waals surface area contributed by atoms with Crippen LogP contribution in [0.4, 0.5) is 11.5 Å². The van der Waals surface area contributed by atoms with Gasteiger partial charge in [-0.25, -0.2) is 9.78 Å². The number of nitro groups is 1. The summed E-state index contributed by atoms with van der Waals surface area (Å²) in [5, 5.41) is 19.5. The molecule has 0 aliphatic carbocycles. The molecule has 1 N–H and O–H groups in total. The Morgan fingerprint density at radius 3 is 2.75 bits per heavy atom. The van der Waals surface area contributed by atoms with E-state index in [-0.39, 0.29) is 17.1 Å². The lowest BCUT2D eigenvalue weighted by molar-refractivity contribution is -0.384. The highest BCUT2D eigenvalue weighted by atomic mass is 16.6. The zero-order valence-electron chi connectivity index (χ0n) is 8.88. The van der Waals surface area contributed by atoms with Gasteiger partial charge < -0.3 is 10.0 Å². The summed E-state index contributed by atoms with van der Waals surface area (Å²) in [6.45, 7) is 2.36. The summed E-state index contributed by atoms with van der Waals surface area (Å²) in [7, 11) is 1.65.